The van der Waals surface area contributed by atoms with Crippen molar-refractivity contribution in [1.29, 1.82) is 0 Å². The largest absolute Gasteiger partial charge is 0.484 e. The van der Waals surface area contributed by atoms with Crippen molar-refractivity contribution in [3.05, 3.63) is 59.5 Å². The van der Waals surface area contributed by atoms with Gasteiger partial charge < -0.3 is 19.7 Å². The van der Waals surface area contributed by atoms with Crippen LogP contribution in [0.1, 0.15) is 30.0 Å². The third kappa shape index (κ3) is 4.63. The third-order valence-corrected chi connectivity index (χ3v) is 4.07. The Kier molecular flexibility index (Phi) is 5.40. The lowest BCUT2D eigenvalue weighted by Crippen LogP contribution is -2.19. The number of hydrogen-bond donors (Lipinski definition) is 1. The standard InChI is InChI=1S/C20H21N3O4/c1-12-4-7-17(10-13(12)2)26-14(3)20-22-19(23-27-20)15-5-8-16(9-6-15)25-11-18(21)24/h4-10,14H,11H2,1-3H3,(H2,21,24)/t14-/m0/s1. The number of primary amides is 1. The van der Waals surface area contributed by atoms with Crippen LogP contribution in [0.25, 0.3) is 11.4 Å². The molecule has 140 valence electrons. The average molecular weight is 367 g/mol. The quantitative estimate of drug-likeness (QED) is 0.687. The van der Waals surface area contributed by atoms with Crippen LogP contribution in [0.5, 0.6) is 11.5 Å². The molecule has 0 unspecified atom stereocenters. The number of hydrogen-bond acceptors (Lipinski definition) is 6. The van der Waals surface area contributed by atoms with Crippen molar-refractivity contribution < 1.29 is 18.8 Å². The Bertz CT molecular complexity index is 935. The second kappa shape index (κ2) is 7.90. The second-order valence-electron chi connectivity index (χ2n) is 6.24. The molecule has 1 amide bonds. The van der Waals surface area contributed by atoms with Crippen LogP contribution in [-0.2, 0) is 4.79 Å². The summed E-state index contributed by atoms with van der Waals surface area (Å²) in [5, 5.41) is 4.00. The van der Waals surface area contributed by atoms with E-state index in [-0.39, 0.29) is 12.7 Å². The molecule has 1 heterocycles. The van der Waals surface area contributed by atoms with E-state index < -0.39 is 5.91 Å². The highest BCUT2D eigenvalue weighted by Crippen LogP contribution is 2.25. The first-order valence-electron chi connectivity index (χ1n) is 8.51. The van der Waals surface area contributed by atoms with Crippen molar-refractivity contribution in [1.82, 2.24) is 10.1 Å². The maximum absolute atomic E-state index is 10.7. The molecule has 0 radical (unpaired) electrons. The van der Waals surface area contributed by atoms with Gasteiger partial charge in [-0.05, 0) is 68.3 Å². The number of carbonyl (C=O) groups excluding carboxylic acids is 1. The number of rotatable bonds is 7. The zero-order chi connectivity index (χ0) is 19.4. The van der Waals surface area contributed by atoms with Crippen LogP contribution in [-0.4, -0.2) is 22.7 Å². The molecule has 7 heteroatoms. The molecule has 0 saturated heterocycles. The lowest BCUT2D eigenvalue weighted by atomic mass is 10.1. The topological polar surface area (TPSA) is 100 Å². The molecule has 0 aliphatic carbocycles. The van der Waals surface area contributed by atoms with Crippen LogP contribution in [0.2, 0.25) is 0 Å². The minimum Gasteiger partial charge on any atom is -0.484 e. The summed E-state index contributed by atoms with van der Waals surface area (Å²) < 4.78 is 16.5. The monoisotopic (exact) mass is 367 g/mol. The van der Waals surface area contributed by atoms with Gasteiger partial charge in [-0.2, -0.15) is 4.98 Å². The number of amides is 1. The maximum Gasteiger partial charge on any atom is 0.267 e. The van der Waals surface area contributed by atoms with E-state index in [0.29, 0.717) is 17.5 Å². The zero-order valence-electron chi connectivity index (χ0n) is 15.4. The van der Waals surface area contributed by atoms with E-state index >= 15 is 0 Å². The van der Waals surface area contributed by atoms with Gasteiger partial charge in [0, 0.05) is 5.56 Å². The van der Waals surface area contributed by atoms with E-state index in [1.807, 2.05) is 32.0 Å². The lowest BCUT2D eigenvalue weighted by Gasteiger charge is -2.12. The predicted octanol–water partition coefficient (Wildman–Crippen LogP) is 3.36. The van der Waals surface area contributed by atoms with Crippen molar-refractivity contribution in [3.63, 3.8) is 0 Å². The molecular weight excluding hydrogens is 346 g/mol. The summed E-state index contributed by atoms with van der Waals surface area (Å²) in [5.41, 5.74) is 8.18. The van der Waals surface area contributed by atoms with Gasteiger partial charge in [-0.1, -0.05) is 11.2 Å². The minimum atomic E-state index is -0.528. The molecule has 0 saturated carbocycles. The summed E-state index contributed by atoms with van der Waals surface area (Å²) in [6.07, 6.45) is -0.383. The molecule has 0 aliphatic rings. The van der Waals surface area contributed by atoms with E-state index in [4.69, 9.17) is 19.7 Å². The summed E-state index contributed by atoms with van der Waals surface area (Å²) in [6, 6.07) is 12.9. The first kappa shape index (κ1) is 18.4. The molecule has 1 aromatic heterocycles. The molecule has 0 bridgehead atoms. The van der Waals surface area contributed by atoms with Gasteiger partial charge in [0.2, 0.25) is 5.82 Å². The van der Waals surface area contributed by atoms with E-state index in [1.54, 1.807) is 24.3 Å². The van der Waals surface area contributed by atoms with Crippen LogP contribution in [0.3, 0.4) is 0 Å². The lowest BCUT2D eigenvalue weighted by molar-refractivity contribution is -0.119. The molecule has 7 nitrogen and oxygen atoms in total. The van der Waals surface area contributed by atoms with Crippen molar-refractivity contribution in [3.8, 4) is 22.9 Å². The highest BCUT2D eigenvalue weighted by molar-refractivity contribution is 5.75. The Morgan fingerprint density at radius 2 is 1.81 bits per heavy atom. The number of benzene rings is 2. The van der Waals surface area contributed by atoms with Crippen LogP contribution >= 0.6 is 0 Å². The molecule has 1 atom stereocenters. The summed E-state index contributed by atoms with van der Waals surface area (Å²) in [4.78, 5) is 15.1. The number of carbonyl (C=O) groups is 1. The molecular formula is C20H21N3O4. The smallest absolute Gasteiger partial charge is 0.267 e. The maximum atomic E-state index is 10.7. The van der Waals surface area contributed by atoms with Crippen molar-refractivity contribution in [2.75, 3.05) is 6.61 Å². The number of aromatic nitrogens is 2. The van der Waals surface area contributed by atoms with Gasteiger partial charge in [-0.3, -0.25) is 4.79 Å². The van der Waals surface area contributed by atoms with Crippen LogP contribution < -0.4 is 15.2 Å². The molecule has 0 aliphatic heterocycles. The number of aryl methyl sites for hydroxylation is 2. The number of nitrogens with zero attached hydrogens (tertiary/aromatic N) is 2. The summed E-state index contributed by atoms with van der Waals surface area (Å²) in [5.74, 6) is 1.59. The number of nitrogens with two attached hydrogens (primary N) is 1. The Morgan fingerprint density at radius 3 is 2.48 bits per heavy atom. The third-order valence-electron chi connectivity index (χ3n) is 4.07. The van der Waals surface area contributed by atoms with Gasteiger partial charge in [-0.15, -0.1) is 0 Å². The first-order chi connectivity index (χ1) is 12.9. The molecule has 3 aromatic rings. The summed E-state index contributed by atoms with van der Waals surface area (Å²) in [7, 11) is 0. The molecule has 2 aromatic carbocycles. The molecule has 0 spiro atoms. The predicted molar refractivity (Wildman–Crippen MR) is 99.4 cm³/mol. The molecule has 0 fully saturated rings. The average Bonchev–Trinajstić information content (AvgIpc) is 3.14. The van der Waals surface area contributed by atoms with Gasteiger partial charge in [-0.25, -0.2) is 0 Å². The Hall–Kier alpha value is -3.35. The van der Waals surface area contributed by atoms with Gasteiger partial charge in [0.25, 0.3) is 11.8 Å². The van der Waals surface area contributed by atoms with Gasteiger partial charge in [0.15, 0.2) is 12.7 Å². The van der Waals surface area contributed by atoms with Crippen LogP contribution in [0.15, 0.2) is 47.0 Å². The van der Waals surface area contributed by atoms with Crippen molar-refractivity contribution >= 4 is 5.91 Å². The fourth-order valence-electron chi connectivity index (χ4n) is 2.41. The number of ether oxygens (including phenoxy) is 2. The zero-order valence-corrected chi connectivity index (χ0v) is 15.4. The van der Waals surface area contributed by atoms with Gasteiger partial charge in [0.05, 0.1) is 0 Å². The van der Waals surface area contributed by atoms with Crippen molar-refractivity contribution in [2.24, 2.45) is 5.73 Å². The minimum absolute atomic E-state index is 0.168. The molecule has 2 N–H and O–H groups in total. The van der Waals surface area contributed by atoms with Crippen LogP contribution in [0.4, 0.5) is 0 Å². The van der Waals surface area contributed by atoms with Gasteiger partial charge in [0.1, 0.15) is 11.5 Å². The second-order valence-corrected chi connectivity index (χ2v) is 6.24. The van der Waals surface area contributed by atoms with E-state index in [2.05, 4.69) is 17.1 Å². The van der Waals surface area contributed by atoms with E-state index in [9.17, 15) is 4.79 Å². The summed E-state index contributed by atoms with van der Waals surface area (Å²) >= 11 is 0. The summed E-state index contributed by atoms with van der Waals surface area (Å²) in [6.45, 7) is 5.78. The first-order valence-corrected chi connectivity index (χ1v) is 8.51. The van der Waals surface area contributed by atoms with Crippen LogP contribution in [0, 0.1) is 13.8 Å². The van der Waals surface area contributed by atoms with Gasteiger partial charge >= 0.3 is 0 Å². The highest BCUT2D eigenvalue weighted by Gasteiger charge is 2.17. The van der Waals surface area contributed by atoms with E-state index in [0.717, 1.165) is 16.9 Å². The Balaban J connectivity index is 1.68. The Morgan fingerprint density at radius 1 is 1.11 bits per heavy atom. The molecule has 3 rings (SSSR count). The molecule has 27 heavy (non-hydrogen) atoms. The van der Waals surface area contributed by atoms with Crippen molar-refractivity contribution in [2.45, 2.75) is 26.9 Å². The fourth-order valence-corrected chi connectivity index (χ4v) is 2.41. The SMILES string of the molecule is Cc1ccc(O[C@@H](C)c2nc(-c3ccc(OCC(N)=O)cc3)no2)cc1C. The fraction of sp³-hybridized carbons (Fsp3) is 0.250. The normalized spacial score (nSPS) is 11.8. The van der Waals surface area contributed by atoms with E-state index in [1.165, 1.54) is 5.56 Å². The highest BCUT2D eigenvalue weighted by atomic mass is 16.5. The Labute approximate surface area is 157 Å².